The molecule has 20 heavy (non-hydrogen) atoms. The maximum Gasteiger partial charge on any atom is 0.255 e. The highest BCUT2D eigenvalue weighted by Crippen LogP contribution is 2.20. The zero-order chi connectivity index (χ0) is 15.3. The molecule has 0 saturated heterocycles. The Morgan fingerprint density at radius 2 is 1.95 bits per heavy atom. The molecule has 0 unspecified atom stereocenters. The molecule has 1 aromatic heterocycles. The van der Waals surface area contributed by atoms with Crippen molar-refractivity contribution in [2.45, 2.75) is 13.3 Å². The van der Waals surface area contributed by atoms with E-state index in [1.807, 2.05) is 6.92 Å². The number of carbonyl (C=O) groups excluding carboxylic acids is 2. The lowest BCUT2D eigenvalue weighted by Crippen LogP contribution is -2.40. The maximum atomic E-state index is 12.4. The van der Waals surface area contributed by atoms with Crippen molar-refractivity contribution in [2.24, 2.45) is 0 Å². The molecule has 1 aromatic rings. The molecule has 0 N–H and O–H groups in total. The van der Waals surface area contributed by atoms with Crippen molar-refractivity contribution in [3.63, 3.8) is 0 Å². The van der Waals surface area contributed by atoms with E-state index in [9.17, 15) is 9.59 Å². The summed E-state index contributed by atoms with van der Waals surface area (Å²) in [5.41, 5.74) is 0.319. The normalized spacial score (nSPS) is 10.2. The molecule has 1 heterocycles. The summed E-state index contributed by atoms with van der Waals surface area (Å²) >= 11 is 11.6. The van der Waals surface area contributed by atoms with Crippen molar-refractivity contribution in [3.05, 3.63) is 28.0 Å². The molecule has 0 radical (unpaired) electrons. The number of rotatable bonds is 5. The van der Waals surface area contributed by atoms with Gasteiger partial charge in [0.1, 0.15) is 11.7 Å². The number of halogens is 2. The van der Waals surface area contributed by atoms with Crippen LogP contribution in [-0.4, -0.2) is 53.8 Å². The van der Waals surface area contributed by atoms with Crippen LogP contribution in [-0.2, 0) is 4.79 Å². The van der Waals surface area contributed by atoms with Gasteiger partial charge in [-0.25, -0.2) is 4.98 Å². The van der Waals surface area contributed by atoms with Gasteiger partial charge in [-0.15, -0.1) is 0 Å². The maximum absolute atomic E-state index is 12.4. The van der Waals surface area contributed by atoms with Gasteiger partial charge in [0, 0.05) is 26.8 Å². The van der Waals surface area contributed by atoms with E-state index in [4.69, 9.17) is 23.2 Å². The molecule has 5 nitrogen and oxygen atoms in total. The lowest BCUT2D eigenvalue weighted by Gasteiger charge is -2.23. The van der Waals surface area contributed by atoms with Crippen molar-refractivity contribution >= 4 is 35.0 Å². The Labute approximate surface area is 128 Å². The molecule has 110 valence electrons. The Bertz CT molecular complexity index is 506. The van der Waals surface area contributed by atoms with Gasteiger partial charge < -0.3 is 9.80 Å². The average Bonchev–Trinajstić information content (AvgIpc) is 2.40. The summed E-state index contributed by atoms with van der Waals surface area (Å²) in [6, 6.07) is 1.46. The highest BCUT2D eigenvalue weighted by atomic mass is 35.5. The number of aromatic nitrogens is 1. The minimum absolute atomic E-state index is 0.0277. The second kappa shape index (κ2) is 7.45. The minimum atomic E-state index is -0.284. The topological polar surface area (TPSA) is 53.5 Å². The molecule has 0 aliphatic carbocycles. The van der Waals surface area contributed by atoms with Crippen LogP contribution in [0.2, 0.25) is 10.2 Å². The number of likely N-dealkylation sites (N-methyl/N-ethyl adjacent to an activating group) is 1. The highest BCUT2D eigenvalue weighted by Gasteiger charge is 2.20. The van der Waals surface area contributed by atoms with Crippen LogP contribution in [0.5, 0.6) is 0 Å². The molecule has 0 aliphatic heterocycles. The van der Waals surface area contributed by atoms with Gasteiger partial charge in [-0.3, -0.25) is 9.59 Å². The summed E-state index contributed by atoms with van der Waals surface area (Å²) in [6.07, 6.45) is 2.11. The molecule has 0 spiro atoms. The van der Waals surface area contributed by atoms with Crippen molar-refractivity contribution in [1.82, 2.24) is 14.8 Å². The van der Waals surface area contributed by atoms with E-state index in [0.29, 0.717) is 12.1 Å². The number of pyridine rings is 1. The van der Waals surface area contributed by atoms with E-state index in [-0.39, 0.29) is 28.5 Å². The summed E-state index contributed by atoms with van der Waals surface area (Å²) in [7, 11) is 3.30. The third-order valence-corrected chi connectivity index (χ3v) is 3.33. The van der Waals surface area contributed by atoms with Crippen LogP contribution in [0.4, 0.5) is 0 Å². The monoisotopic (exact) mass is 317 g/mol. The molecule has 1 rings (SSSR count). The van der Waals surface area contributed by atoms with E-state index in [0.717, 1.165) is 6.42 Å². The highest BCUT2D eigenvalue weighted by molar-refractivity contribution is 6.41. The zero-order valence-corrected chi connectivity index (χ0v) is 13.2. The van der Waals surface area contributed by atoms with Gasteiger partial charge in [-0.05, 0) is 12.5 Å². The van der Waals surface area contributed by atoms with Crippen LogP contribution in [0, 0.1) is 0 Å². The van der Waals surface area contributed by atoms with Gasteiger partial charge in [0.15, 0.2) is 0 Å². The van der Waals surface area contributed by atoms with Crippen molar-refractivity contribution in [3.8, 4) is 0 Å². The number of hydrogen-bond donors (Lipinski definition) is 0. The standard InChI is InChI=1S/C13H17Cl2N3O2/c1-4-5-18(8-11(19)17(2)3)13(20)9-6-10(14)12(15)16-7-9/h6-7H,4-5,8H2,1-3H3. The lowest BCUT2D eigenvalue weighted by molar-refractivity contribution is -0.129. The number of amides is 2. The molecular weight excluding hydrogens is 301 g/mol. The fraction of sp³-hybridized carbons (Fsp3) is 0.462. The fourth-order valence-corrected chi connectivity index (χ4v) is 1.82. The van der Waals surface area contributed by atoms with Crippen LogP contribution in [0.3, 0.4) is 0 Å². The zero-order valence-electron chi connectivity index (χ0n) is 11.7. The number of nitrogens with zero attached hydrogens (tertiary/aromatic N) is 3. The van der Waals surface area contributed by atoms with Crippen LogP contribution in [0.25, 0.3) is 0 Å². The minimum Gasteiger partial charge on any atom is -0.347 e. The largest absolute Gasteiger partial charge is 0.347 e. The third-order valence-electron chi connectivity index (χ3n) is 2.65. The first-order chi connectivity index (χ1) is 9.36. The Morgan fingerprint density at radius 3 is 2.45 bits per heavy atom. The Hall–Kier alpha value is -1.33. The first-order valence-corrected chi connectivity index (χ1v) is 6.92. The lowest BCUT2D eigenvalue weighted by atomic mass is 10.2. The molecule has 0 saturated carbocycles. The first-order valence-electron chi connectivity index (χ1n) is 6.17. The van der Waals surface area contributed by atoms with Gasteiger partial charge in [-0.2, -0.15) is 0 Å². The van der Waals surface area contributed by atoms with Gasteiger partial charge >= 0.3 is 0 Å². The molecule has 2 amide bonds. The molecule has 0 aliphatic rings. The van der Waals surface area contributed by atoms with E-state index in [1.54, 1.807) is 14.1 Å². The molecule has 0 atom stereocenters. The van der Waals surface area contributed by atoms with Crippen molar-refractivity contribution in [2.75, 3.05) is 27.2 Å². The van der Waals surface area contributed by atoms with Gasteiger partial charge in [0.25, 0.3) is 5.91 Å². The number of carbonyl (C=O) groups is 2. The fourth-order valence-electron chi connectivity index (χ4n) is 1.55. The smallest absolute Gasteiger partial charge is 0.255 e. The van der Waals surface area contributed by atoms with Crippen molar-refractivity contribution in [1.29, 1.82) is 0 Å². The van der Waals surface area contributed by atoms with Crippen molar-refractivity contribution < 1.29 is 9.59 Å². The molecule has 0 fully saturated rings. The Kier molecular flexibility index (Phi) is 6.23. The van der Waals surface area contributed by atoms with Gasteiger partial charge in [0.2, 0.25) is 5.91 Å². The summed E-state index contributed by atoms with van der Waals surface area (Å²) in [4.78, 5) is 30.9. The summed E-state index contributed by atoms with van der Waals surface area (Å²) < 4.78 is 0. The molecule has 0 aromatic carbocycles. The van der Waals surface area contributed by atoms with E-state index in [2.05, 4.69) is 4.98 Å². The van der Waals surface area contributed by atoms with Crippen LogP contribution >= 0.6 is 23.2 Å². The van der Waals surface area contributed by atoms with E-state index < -0.39 is 0 Å². The third kappa shape index (κ3) is 4.35. The van der Waals surface area contributed by atoms with Gasteiger partial charge in [-0.1, -0.05) is 30.1 Å². The van der Waals surface area contributed by atoms with Crippen LogP contribution in [0.1, 0.15) is 23.7 Å². The summed E-state index contributed by atoms with van der Waals surface area (Å²) in [5, 5.41) is 0.363. The van der Waals surface area contributed by atoms with E-state index >= 15 is 0 Å². The number of hydrogen-bond acceptors (Lipinski definition) is 3. The van der Waals surface area contributed by atoms with E-state index in [1.165, 1.54) is 22.1 Å². The Balaban J connectivity index is 2.92. The van der Waals surface area contributed by atoms with Gasteiger partial charge in [0.05, 0.1) is 10.6 Å². The average molecular weight is 318 g/mol. The summed E-state index contributed by atoms with van der Waals surface area (Å²) in [6.45, 7) is 2.45. The predicted molar refractivity (Wildman–Crippen MR) is 79.1 cm³/mol. The first kappa shape index (κ1) is 16.7. The quantitative estimate of drug-likeness (QED) is 0.783. The molecule has 7 heteroatoms. The molecule has 0 bridgehead atoms. The Morgan fingerprint density at radius 1 is 1.30 bits per heavy atom. The summed E-state index contributed by atoms with van der Waals surface area (Å²) in [5.74, 6) is -0.423. The molecular formula is C13H17Cl2N3O2. The predicted octanol–water partition coefficient (Wildman–Crippen LogP) is 2.33. The van der Waals surface area contributed by atoms with Crippen LogP contribution in [0.15, 0.2) is 12.3 Å². The second-order valence-corrected chi connectivity index (χ2v) is 5.28. The second-order valence-electron chi connectivity index (χ2n) is 4.51. The van der Waals surface area contributed by atoms with Crippen LogP contribution < -0.4 is 0 Å². The SMILES string of the molecule is CCCN(CC(=O)N(C)C)C(=O)c1cnc(Cl)c(Cl)c1.